The normalized spacial score (nSPS) is 9.21. The van der Waals surface area contributed by atoms with Crippen molar-refractivity contribution < 1.29 is 23.0 Å². The maximum Gasteiger partial charge on any atom is 0.145 e. The minimum Gasteiger partial charge on any atom is -0.508 e. The molecule has 0 saturated carbocycles. The number of aromatic hydroxyl groups is 1. The van der Waals surface area contributed by atoms with Gasteiger partial charge in [-0.15, -0.1) is 0 Å². The molecule has 7 heteroatoms. The molecule has 4 aromatic rings. The van der Waals surface area contributed by atoms with Crippen molar-refractivity contribution in [2.75, 3.05) is 7.11 Å². The van der Waals surface area contributed by atoms with Crippen LogP contribution in [0.15, 0.2) is 78.9 Å². The zero-order chi connectivity index (χ0) is 27.5. The number of phenolic OH excluding ortho intramolecular Hbond substituents is 1. The van der Waals surface area contributed by atoms with E-state index in [0.717, 1.165) is 23.4 Å². The van der Waals surface area contributed by atoms with Crippen molar-refractivity contribution in [1.29, 1.82) is 10.5 Å². The highest BCUT2D eigenvalue weighted by Crippen LogP contribution is 2.15. The molecule has 0 saturated heterocycles. The Labute approximate surface area is 217 Å². The number of nitrogens with zero attached hydrogens (tertiary/aromatic N) is 2. The number of benzene rings is 4. The van der Waals surface area contributed by atoms with Gasteiger partial charge in [-0.05, 0) is 78.9 Å². The van der Waals surface area contributed by atoms with Gasteiger partial charge in [0.15, 0.2) is 0 Å². The summed E-state index contributed by atoms with van der Waals surface area (Å²) in [4.78, 5) is 0. The molecule has 0 aliphatic carbocycles. The van der Waals surface area contributed by atoms with Crippen molar-refractivity contribution in [1.82, 2.24) is 0 Å². The summed E-state index contributed by atoms with van der Waals surface area (Å²) in [6.45, 7) is 0. The molecule has 4 aromatic carbocycles. The molecular weight excluding hydrogens is 489 g/mol. The van der Waals surface area contributed by atoms with E-state index in [-0.39, 0.29) is 16.9 Å². The molecule has 0 spiro atoms. The van der Waals surface area contributed by atoms with Crippen LogP contribution < -0.4 is 4.74 Å². The summed E-state index contributed by atoms with van der Waals surface area (Å²) in [7, 11) is 1.60. The monoisotopic (exact) mass is 506 g/mol. The fourth-order valence-corrected chi connectivity index (χ4v) is 2.94. The van der Waals surface area contributed by atoms with Crippen LogP contribution in [-0.2, 0) is 0 Å². The molecular formula is C31H17F3N2O2. The van der Waals surface area contributed by atoms with Crippen molar-refractivity contribution in [3.8, 4) is 47.3 Å². The molecule has 0 aliphatic rings. The topological polar surface area (TPSA) is 77.0 Å². The van der Waals surface area contributed by atoms with E-state index in [2.05, 4.69) is 23.7 Å². The van der Waals surface area contributed by atoms with Crippen LogP contribution in [-0.4, -0.2) is 12.2 Å². The molecule has 4 rings (SSSR count). The number of methoxy groups -OCH3 is 1. The minimum atomic E-state index is -0.933. The van der Waals surface area contributed by atoms with Crippen molar-refractivity contribution >= 4 is 0 Å². The lowest BCUT2D eigenvalue weighted by molar-refractivity contribution is 0.415. The Hall–Kier alpha value is -5.63. The lowest BCUT2D eigenvalue weighted by atomic mass is 10.1. The molecule has 184 valence electrons. The maximum absolute atomic E-state index is 13.4. The van der Waals surface area contributed by atoms with Gasteiger partial charge in [-0.2, -0.15) is 10.5 Å². The summed E-state index contributed by atoms with van der Waals surface area (Å²) in [5.41, 5.74) is 1.49. The summed E-state index contributed by atoms with van der Waals surface area (Å²) in [5.74, 6) is 9.52. The van der Waals surface area contributed by atoms with Crippen molar-refractivity contribution in [2.24, 2.45) is 0 Å². The first-order valence-corrected chi connectivity index (χ1v) is 10.9. The molecule has 0 heterocycles. The average molecular weight is 506 g/mol. The molecule has 0 atom stereocenters. The van der Waals surface area contributed by atoms with Crippen LogP contribution in [0.3, 0.4) is 0 Å². The first-order valence-electron chi connectivity index (χ1n) is 10.9. The summed E-state index contributed by atoms with van der Waals surface area (Å²) in [6.07, 6.45) is 0. The van der Waals surface area contributed by atoms with E-state index in [1.54, 1.807) is 31.4 Å². The molecule has 1 N–H and O–H groups in total. The molecule has 4 nitrogen and oxygen atoms in total. The predicted molar refractivity (Wildman–Crippen MR) is 135 cm³/mol. The predicted octanol–water partition coefficient (Wildman–Crippen LogP) is 6.05. The first kappa shape index (κ1) is 27.0. The first-order chi connectivity index (χ1) is 18.3. The molecule has 38 heavy (non-hydrogen) atoms. The zero-order valence-electron chi connectivity index (χ0n) is 19.9. The third-order valence-electron chi connectivity index (χ3n) is 4.90. The fraction of sp³-hybridized carbons (Fsp3) is 0.0323. The Morgan fingerprint density at radius 2 is 1.08 bits per heavy atom. The van der Waals surface area contributed by atoms with E-state index in [0.29, 0.717) is 11.1 Å². The van der Waals surface area contributed by atoms with Gasteiger partial charge in [-0.1, -0.05) is 23.7 Å². The van der Waals surface area contributed by atoms with Crippen molar-refractivity contribution in [3.63, 3.8) is 0 Å². The van der Waals surface area contributed by atoms with Crippen LogP contribution in [0.4, 0.5) is 13.2 Å². The van der Waals surface area contributed by atoms with E-state index in [1.807, 2.05) is 24.3 Å². The number of phenols is 1. The number of nitriles is 2. The van der Waals surface area contributed by atoms with Gasteiger partial charge in [0.25, 0.3) is 0 Å². The van der Waals surface area contributed by atoms with Gasteiger partial charge in [-0.3, -0.25) is 0 Å². The van der Waals surface area contributed by atoms with Crippen molar-refractivity contribution in [2.45, 2.75) is 0 Å². The Balaban J connectivity index is 0.000000211. The smallest absolute Gasteiger partial charge is 0.145 e. The van der Waals surface area contributed by atoms with Gasteiger partial charge >= 0.3 is 0 Å². The third-order valence-corrected chi connectivity index (χ3v) is 4.90. The van der Waals surface area contributed by atoms with Crippen LogP contribution in [0, 0.1) is 63.8 Å². The second-order valence-corrected chi connectivity index (χ2v) is 7.51. The number of halogens is 3. The SMILES string of the molecule is COc1ccc(C#Cc2ccc(C#N)c(F)c2)cc1.N#Cc1c(F)cc(C#Cc2ccc(O)cc2)cc1F. The Bertz CT molecular complexity index is 1640. The number of hydrogen-bond acceptors (Lipinski definition) is 4. The van der Waals surface area contributed by atoms with Gasteiger partial charge in [-0.25, -0.2) is 13.2 Å². The van der Waals surface area contributed by atoms with Gasteiger partial charge in [0.2, 0.25) is 0 Å². The van der Waals surface area contributed by atoms with Gasteiger partial charge in [0.05, 0.1) is 12.7 Å². The van der Waals surface area contributed by atoms with E-state index < -0.39 is 23.0 Å². The van der Waals surface area contributed by atoms with Gasteiger partial charge in [0.1, 0.15) is 46.7 Å². The highest BCUT2D eigenvalue weighted by Gasteiger charge is 2.09. The maximum atomic E-state index is 13.4. The summed E-state index contributed by atoms with van der Waals surface area (Å²) < 4.78 is 45.1. The van der Waals surface area contributed by atoms with Crippen LogP contribution in [0.1, 0.15) is 33.4 Å². The summed E-state index contributed by atoms with van der Waals surface area (Å²) in [5, 5.41) is 26.3. The zero-order valence-corrected chi connectivity index (χ0v) is 19.9. The van der Waals surface area contributed by atoms with Gasteiger partial charge < -0.3 is 9.84 Å². The second-order valence-electron chi connectivity index (χ2n) is 7.51. The fourth-order valence-electron chi connectivity index (χ4n) is 2.94. The molecule has 0 radical (unpaired) electrons. The molecule has 0 fully saturated rings. The average Bonchev–Trinajstić information content (AvgIpc) is 2.92. The second kappa shape index (κ2) is 12.9. The quantitative estimate of drug-likeness (QED) is 0.319. The Morgan fingerprint density at radius 1 is 0.605 bits per heavy atom. The lowest BCUT2D eigenvalue weighted by Gasteiger charge is -1.97. The van der Waals surface area contributed by atoms with E-state index in [9.17, 15) is 13.2 Å². The van der Waals surface area contributed by atoms with E-state index >= 15 is 0 Å². The highest BCUT2D eigenvalue weighted by molar-refractivity contribution is 5.48. The summed E-state index contributed by atoms with van der Waals surface area (Å²) in [6, 6.07) is 22.9. The molecule has 0 aromatic heterocycles. The third kappa shape index (κ3) is 7.43. The van der Waals surface area contributed by atoms with Gasteiger partial charge in [0, 0.05) is 22.3 Å². The molecule has 0 bridgehead atoms. The Kier molecular flexibility index (Phi) is 9.15. The van der Waals surface area contributed by atoms with Crippen LogP contribution in [0.25, 0.3) is 0 Å². The Morgan fingerprint density at radius 3 is 1.58 bits per heavy atom. The van der Waals surface area contributed by atoms with Crippen LogP contribution in [0.2, 0.25) is 0 Å². The van der Waals surface area contributed by atoms with E-state index in [4.69, 9.17) is 20.4 Å². The lowest BCUT2D eigenvalue weighted by Crippen LogP contribution is -1.91. The minimum absolute atomic E-state index is 0.0231. The molecule has 0 aliphatic heterocycles. The number of rotatable bonds is 1. The van der Waals surface area contributed by atoms with Crippen molar-refractivity contribution in [3.05, 3.63) is 130 Å². The molecule has 0 unspecified atom stereocenters. The largest absolute Gasteiger partial charge is 0.508 e. The number of ether oxygens (including phenoxy) is 1. The standard InChI is InChI=1S/C16H10FNO.C15H7F2NO/c1-19-15-8-5-12(6-9-15)2-3-13-4-7-14(11-18)16(17)10-13;16-14-7-11(8-15(17)13(14)9-18)2-1-10-3-5-12(19)6-4-10/h4-10H,1H3;3-8,19H. The highest BCUT2D eigenvalue weighted by atomic mass is 19.1. The van der Waals surface area contributed by atoms with Crippen LogP contribution in [0.5, 0.6) is 11.5 Å². The van der Waals surface area contributed by atoms with Crippen LogP contribution >= 0.6 is 0 Å². The van der Waals surface area contributed by atoms with E-state index in [1.165, 1.54) is 30.3 Å². The molecule has 0 amide bonds. The number of hydrogen-bond donors (Lipinski definition) is 1. The summed E-state index contributed by atoms with van der Waals surface area (Å²) >= 11 is 0.